The number of nitrogens with one attached hydrogen (secondary N) is 1. The smallest absolute Gasteiger partial charge is 0.126 e. The molecular weight excluding hydrogens is 229 g/mol. The van der Waals surface area contributed by atoms with Crippen LogP contribution in [0.15, 0.2) is 36.8 Å². The van der Waals surface area contributed by atoms with Crippen molar-refractivity contribution < 1.29 is 4.39 Å². The molecule has 1 unspecified atom stereocenters. The summed E-state index contributed by atoms with van der Waals surface area (Å²) in [6.45, 7) is 4.59. The van der Waals surface area contributed by atoms with Crippen molar-refractivity contribution in [1.82, 2.24) is 15.3 Å². The maximum atomic E-state index is 13.3. The van der Waals surface area contributed by atoms with Crippen molar-refractivity contribution >= 4 is 0 Å². The molecule has 0 aliphatic rings. The number of hydrogen-bond acceptors (Lipinski definition) is 3. The summed E-state index contributed by atoms with van der Waals surface area (Å²) in [6.07, 6.45) is 5.03. The first-order valence-corrected chi connectivity index (χ1v) is 5.97. The first-order chi connectivity index (χ1) is 8.72. The fraction of sp³-hybridized carbons (Fsp3) is 0.286. The highest BCUT2D eigenvalue weighted by atomic mass is 19.1. The van der Waals surface area contributed by atoms with Crippen molar-refractivity contribution in [2.45, 2.75) is 19.9 Å². The van der Waals surface area contributed by atoms with E-state index in [9.17, 15) is 4.39 Å². The summed E-state index contributed by atoms with van der Waals surface area (Å²) >= 11 is 0. The van der Waals surface area contributed by atoms with Gasteiger partial charge in [0.05, 0.1) is 17.9 Å². The van der Waals surface area contributed by atoms with E-state index in [0.29, 0.717) is 5.56 Å². The molecular formula is C14H16FN3. The van der Waals surface area contributed by atoms with Crippen LogP contribution in [0.5, 0.6) is 0 Å². The predicted molar refractivity (Wildman–Crippen MR) is 68.7 cm³/mol. The van der Waals surface area contributed by atoms with Gasteiger partial charge in [0.15, 0.2) is 0 Å². The fourth-order valence-electron chi connectivity index (χ4n) is 1.90. The molecule has 0 radical (unpaired) electrons. The quantitative estimate of drug-likeness (QED) is 0.899. The first kappa shape index (κ1) is 12.6. The van der Waals surface area contributed by atoms with Crippen LogP contribution in [0.1, 0.15) is 29.8 Å². The van der Waals surface area contributed by atoms with Crippen LogP contribution >= 0.6 is 0 Å². The van der Waals surface area contributed by atoms with Gasteiger partial charge in [-0.1, -0.05) is 19.1 Å². The number of hydrogen-bond donors (Lipinski definition) is 1. The first-order valence-electron chi connectivity index (χ1n) is 5.97. The van der Waals surface area contributed by atoms with E-state index in [1.54, 1.807) is 31.6 Å². The zero-order valence-corrected chi connectivity index (χ0v) is 10.5. The highest BCUT2D eigenvalue weighted by Gasteiger charge is 2.15. The van der Waals surface area contributed by atoms with Crippen LogP contribution in [-0.2, 0) is 0 Å². The fourth-order valence-corrected chi connectivity index (χ4v) is 1.90. The van der Waals surface area contributed by atoms with E-state index in [1.165, 1.54) is 6.07 Å². The summed E-state index contributed by atoms with van der Waals surface area (Å²) in [5.74, 6) is -0.187. The molecule has 0 spiro atoms. The number of rotatable bonds is 4. The Labute approximate surface area is 106 Å². The average Bonchev–Trinajstić information content (AvgIpc) is 2.40. The molecule has 18 heavy (non-hydrogen) atoms. The Morgan fingerprint density at radius 3 is 2.78 bits per heavy atom. The van der Waals surface area contributed by atoms with E-state index in [-0.39, 0.29) is 11.9 Å². The minimum Gasteiger partial charge on any atom is -0.305 e. The zero-order valence-electron chi connectivity index (χ0n) is 10.5. The second-order valence-electron chi connectivity index (χ2n) is 4.13. The van der Waals surface area contributed by atoms with Gasteiger partial charge >= 0.3 is 0 Å². The maximum Gasteiger partial charge on any atom is 0.126 e. The molecule has 0 saturated carbocycles. The highest BCUT2D eigenvalue weighted by molar-refractivity contribution is 5.31. The largest absolute Gasteiger partial charge is 0.305 e. The Kier molecular flexibility index (Phi) is 3.99. The predicted octanol–water partition coefficient (Wildman–Crippen LogP) is 2.62. The number of benzene rings is 1. The van der Waals surface area contributed by atoms with Gasteiger partial charge in [-0.2, -0.15) is 0 Å². The van der Waals surface area contributed by atoms with Crippen LogP contribution in [0.25, 0.3) is 0 Å². The number of aryl methyl sites for hydroxylation is 1. The Balaban J connectivity index is 2.38. The minimum absolute atomic E-state index is 0.0528. The number of nitrogens with zero attached hydrogens (tertiary/aromatic N) is 2. The van der Waals surface area contributed by atoms with Crippen LogP contribution in [0.4, 0.5) is 4.39 Å². The molecule has 94 valence electrons. The molecule has 1 aromatic carbocycles. The molecule has 2 aromatic rings. The van der Waals surface area contributed by atoms with E-state index in [1.807, 2.05) is 13.0 Å². The van der Waals surface area contributed by atoms with Gasteiger partial charge in [0, 0.05) is 12.4 Å². The van der Waals surface area contributed by atoms with Crippen molar-refractivity contribution in [2.24, 2.45) is 0 Å². The number of aromatic nitrogens is 2. The van der Waals surface area contributed by atoms with E-state index in [4.69, 9.17) is 0 Å². The van der Waals surface area contributed by atoms with Crippen molar-refractivity contribution in [1.29, 1.82) is 0 Å². The lowest BCUT2D eigenvalue weighted by atomic mass is 10.0. The highest BCUT2D eigenvalue weighted by Crippen LogP contribution is 2.21. The lowest BCUT2D eigenvalue weighted by Crippen LogP contribution is -2.23. The Morgan fingerprint density at radius 1 is 1.33 bits per heavy atom. The van der Waals surface area contributed by atoms with Gasteiger partial charge in [-0.15, -0.1) is 0 Å². The Hall–Kier alpha value is -1.81. The molecule has 4 heteroatoms. The van der Waals surface area contributed by atoms with E-state index in [2.05, 4.69) is 15.3 Å². The van der Waals surface area contributed by atoms with Crippen LogP contribution in [-0.4, -0.2) is 16.5 Å². The second-order valence-corrected chi connectivity index (χ2v) is 4.13. The maximum absolute atomic E-state index is 13.3. The third-order valence-corrected chi connectivity index (χ3v) is 2.80. The summed E-state index contributed by atoms with van der Waals surface area (Å²) in [7, 11) is 0. The topological polar surface area (TPSA) is 37.8 Å². The summed E-state index contributed by atoms with van der Waals surface area (Å²) < 4.78 is 13.3. The molecule has 0 saturated heterocycles. The van der Waals surface area contributed by atoms with Crippen molar-refractivity contribution in [3.63, 3.8) is 0 Å². The normalized spacial score (nSPS) is 12.4. The summed E-state index contributed by atoms with van der Waals surface area (Å²) in [5.41, 5.74) is 2.47. The molecule has 0 bridgehead atoms. The minimum atomic E-state index is -0.187. The van der Waals surface area contributed by atoms with Gasteiger partial charge in [0.25, 0.3) is 0 Å². The SMILES string of the molecule is CCNC(c1ccc(F)c(C)c1)c1cnccn1. The van der Waals surface area contributed by atoms with Gasteiger partial charge in [0.1, 0.15) is 5.82 Å². The molecule has 1 aromatic heterocycles. The van der Waals surface area contributed by atoms with Gasteiger partial charge < -0.3 is 5.32 Å². The summed E-state index contributed by atoms with van der Waals surface area (Å²) in [6, 6.07) is 5.07. The third-order valence-electron chi connectivity index (χ3n) is 2.80. The molecule has 2 rings (SSSR count). The number of halogens is 1. The Morgan fingerprint density at radius 2 is 2.17 bits per heavy atom. The molecule has 0 aliphatic carbocycles. The summed E-state index contributed by atoms with van der Waals surface area (Å²) in [5, 5.41) is 3.34. The molecule has 0 amide bonds. The second kappa shape index (κ2) is 5.69. The molecule has 1 heterocycles. The molecule has 0 aliphatic heterocycles. The van der Waals surface area contributed by atoms with Gasteiger partial charge in [-0.3, -0.25) is 9.97 Å². The van der Waals surface area contributed by atoms with Crippen molar-refractivity contribution in [3.05, 3.63) is 59.4 Å². The molecule has 1 N–H and O–H groups in total. The molecule has 0 fully saturated rings. The Bertz CT molecular complexity index is 514. The third kappa shape index (κ3) is 2.71. The van der Waals surface area contributed by atoms with E-state index >= 15 is 0 Å². The molecule has 1 atom stereocenters. The lowest BCUT2D eigenvalue weighted by Gasteiger charge is -2.18. The van der Waals surface area contributed by atoms with Crippen molar-refractivity contribution in [2.75, 3.05) is 6.54 Å². The van der Waals surface area contributed by atoms with Crippen LogP contribution in [0.2, 0.25) is 0 Å². The lowest BCUT2D eigenvalue weighted by molar-refractivity contribution is 0.598. The average molecular weight is 245 g/mol. The van der Waals surface area contributed by atoms with E-state index in [0.717, 1.165) is 17.8 Å². The monoisotopic (exact) mass is 245 g/mol. The van der Waals surface area contributed by atoms with E-state index < -0.39 is 0 Å². The van der Waals surface area contributed by atoms with Gasteiger partial charge in [0.2, 0.25) is 0 Å². The van der Waals surface area contributed by atoms with Crippen molar-refractivity contribution in [3.8, 4) is 0 Å². The van der Waals surface area contributed by atoms with Crippen LogP contribution < -0.4 is 5.32 Å². The standard InChI is InChI=1S/C14H16FN3/c1-3-17-14(13-9-16-6-7-18-13)11-4-5-12(15)10(2)8-11/h4-9,14,17H,3H2,1-2H3. The van der Waals surface area contributed by atoms with Crippen LogP contribution in [0.3, 0.4) is 0 Å². The zero-order chi connectivity index (χ0) is 13.0. The van der Waals surface area contributed by atoms with Gasteiger partial charge in [-0.25, -0.2) is 4.39 Å². The molecule has 3 nitrogen and oxygen atoms in total. The van der Waals surface area contributed by atoms with Crippen LogP contribution in [0, 0.1) is 12.7 Å². The summed E-state index contributed by atoms with van der Waals surface area (Å²) in [4.78, 5) is 8.38. The van der Waals surface area contributed by atoms with Gasteiger partial charge in [-0.05, 0) is 30.7 Å².